The van der Waals surface area contributed by atoms with Crippen LogP contribution < -0.4 is 5.32 Å². The molecule has 0 aromatic carbocycles. The Morgan fingerprint density at radius 3 is 2.43 bits per heavy atom. The smallest absolute Gasteiger partial charge is 0.306 e. The second kappa shape index (κ2) is 6.77. The molecule has 2 aliphatic rings. The number of ether oxygens (including phenoxy) is 1. The summed E-state index contributed by atoms with van der Waals surface area (Å²) in [5, 5.41) is 12.2. The van der Waals surface area contributed by atoms with Gasteiger partial charge in [0, 0.05) is 18.6 Å². The van der Waals surface area contributed by atoms with E-state index in [0.717, 1.165) is 25.7 Å². The molecule has 5 heteroatoms. The monoisotopic (exact) mass is 297 g/mol. The molecule has 2 N–H and O–H groups in total. The fourth-order valence-electron chi connectivity index (χ4n) is 3.66. The van der Waals surface area contributed by atoms with Gasteiger partial charge in [0.05, 0.1) is 11.5 Å². The summed E-state index contributed by atoms with van der Waals surface area (Å²) in [4.78, 5) is 23.3. The number of carbonyl (C=O) groups excluding carboxylic acids is 1. The SMILES string of the molecule is CCC1(CC)CC(NC(=O)C2CCC(C(=O)O)C2)CCO1. The van der Waals surface area contributed by atoms with Gasteiger partial charge in [-0.25, -0.2) is 0 Å². The minimum atomic E-state index is -0.771. The van der Waals surface area contributed by atoms with Crippen molar-refractivity contribution in [2.24, 2.45) is 11.8 Å². The molecule has 1 amide bonds. The molecular formula is C16H27NO4. The molecule has 2 rings (SSSR count). The van der Waals surface area contributed by atoms with E-state index in [0.29, 0.717) is 25.9 Å². The second-order valence-corrected chi connectivity index (χ2v) is 6.48. The highest BCUT2D eigenvalue weighted by Gasteiger charge is 2.38. The molecule has 0 aromatic heterocycles. The number of carboxylic acids is 1. The molecule has 0 spiro atoms. The van der Waals surface area contributed by atoms with Crippen LogP contribution in [0.3, 0.4) is 0 Å². The van der Waals surface area contributed by atoms with Crippen molar-refractivity contribution in [2.75, 3.05) is 6.61 Å². The summed E-state index contributed by atoms with van der Waals surface area (Å²) in [7, 11) is 0. The van der Waals surface area contributed by atoms with Crippen LogP contribution in [0.25, 0.3) is 0 Å². The summed E-state index contributed by atoms with van der Waals surface area (Å²) in [5.74, 6) is -1.22. The Morgan fingerprint density at radius 2 is 1.86 bits per heavy atom. The molecule has 1 heterocycles. The van der Waals surface area contributed by atoms with Gasteiger partial charge in [-0.15, -0.1) is 0 Å². The third-order valence-electron chi connectivity index (χ3n) is 5.28. The number of hydrogen-bond acceptors (Lipinski definition) is 3. The molecule has 1 saturated heterocycles. The molecule has 1 aliphatic heterocycles. The average molecular weight is 297 g/mol. The van der Waals surface area contributed by atoms with Crippen LogP contribution in [0.2, 0.25) is 0 Å². The van der Waals surface area contributed by atoms with Gasteiger partial charge < -0.3 is 15.2 Å². The lowest BCUT2D eigenvalue weighted by molar-refractivity contribution is -0.141. The number of nitrogens with one attached hydrogen (secondary N) is 1. The van der Waals surface area contributed by atoms with Crippen LogP contribution in [-0.2, 0) is 14.3 Å². The zero-order chi connectivity index (χ0) is 15.5. The molecular weight excluding hydrogens is 270 g/mol. The van der Waals surface area contributed by atoms with Crippen molar-refractivity contribution in [3.8, 4) is 0 Å². The quantitative estimate of drug-likeness (QED) is 0.816. The lowest BCUT2D eigenvalue weighted by atomic mass is 9.85. The highest BCUT2D eigenvalue weighted by molar-refractivity contribution is 5.81. The summed E-state index contributed by atoms with van der Waals surface area (Å²) in [6.45, 7) is 4.94. The van der Waals surface area contributed by atoms with E-state index in [1.807, 2.05) is 0 Å². The van der Waals surface area contributed by atoms with Crippen LogP contribution in [0.4, 0.5) is 0 Å². The van der Waals surface area contributed by atoms with Crippen LogP contribution in [0.5, 0.6) is 0 Å². The number of aliphatic carboxylic acids is 1. The Bertz CT molecular complexity index is 392. The van der Waals surface area contributed by atoms with E-state index in [1.54, 1.807) is 0 Å². The molecule has 0 bridgehead atoms. The van der Waals surface area contributed by atoms with E-state index in [4.69, 9.17) is 9.84 Å². The molecule has 3 unspecified atom stereocenters. The summed E-state index contributed by atoms with van der Waals surface area (Å²) in [6.07, 6.45) is 5.43. The van der Waals surface area contributed by atoms with Crippen LogP contribution in [-0.4, -0.2) is 35.2 Å². The number of hydrogen-bond donors (Lipinski definition) is 2. The molecule has 0 aromatic rings. The fourth-order valence-corrected chi connectivity index (χ4v) is 3.66. The zero-order valence-corrected chi connectivity index (χ0v) is 13.1. The van der Waals surface area contributed by atoms with Crippen molar-refractivity contribution in [3.05, 3.63) is 0 Å². The molecule has 2 fully saturated rings. The van der Waals surface area contributed by atoms with Crippen molar-refractivity contribution in [3.63, 3.8) is 0 Å². The van der Waals surface area contributed by atoms with Crippen LogP contribution in [0.15, 0.2) is 0 Å². The molecule has 5 nitrogen and oxygen atoms in total. The van der Waals surface area contributed by atoms with Crippen molar-refractivity contribution < 1.29 is 19.4 Å². The van der Waals surface area contributed by atoms with Gasteiger partial charge in [-0.3, -0.25) is 9.59 Å². The third kappa shape index (κ3) is 3.76. The zero-order valence-electron chi connectivity index (χ0n) is 13.1. The van der Waals surface area contributed by atoms with Gasteiger partial charge in [0.1, 0.15) is 0 Å². The minimum absolute atomic E-state index is 0.0340. The van der Waals surface area contributed by atoms with E-state index >= 15 is 0 Å². The second-order valence-electron chi connectivity index (χ2n) is 6.48. The van der Waals surface area contributed by atoms with Crippen molar-refractivity contribution in [1.29, 1.82) is 0 Å². The first kappa shape index (κ1) is 16.3. The Morgan fingerprint density at radius 1 is 1.19 bits per heavy atom. The van der Waals surface area contributed by atoms with E-state index in [2.05, 4.69) is 19.2 Å². The van der Waals surface area contributed by atoms with Crippen LogP contribution in [0.1, 0.15) is 58.8 Å². The maximum atomic E-state index is 12.3. The molecule has 3 atom stereocenters. The van der Waals surface area contributed by atoms with Gasteiger partial charge in [0.25, 0.3) is 0 Å². The Labute approximate surface area is 126 Å². The summed E-state index contributed by atoms with van der Waals surface area (Å²) in [5.41, 5.74) is -0.102. The van der Waals surface area contributed by atoms with E-state index in [1.165, 1.54) is 0 Å². The lowest BCUT2D eigenvalue weighted by Crippen LogP contribution is -2.49. The lowest BCUT2D eigenvalue weighted by Gasteiger charge is -2.40. The Balaban J connectivity index is 1.87. The molecule has 21 heavy (non-hydrogen) atoms. The van der Waals surface area contributed by atoms with Crippen LogP contribution >= 0.6 is 0 Å². The van der Waals surface area contributed by atoms with E-state index < -0.39 is 5.97 Å². The van der Waals surface area contributed by atoms with Crippen molar-refractivity contribution >= 4 is 11.9 Å². The third-order valence-corrected chi connectivity index (χ3v) is 5.28. The summed E-state index contributed by atoms with van der Waals surface area (Å²) in [6, 6.07) is 0.162. The average Bonchev–Trinajstić information content (AvgIpc) is 2.97. The maximum Gasteiger partial charge on any atom is 0.306 e. The Kier molecular flexibility index (Phi) is 5.25. The first-order valence-corrected chi connectivity index (χ1v) is 8.17. The standard InChI is InChI=1S/C16H27NO4/c1-3-16(4-2)10-13(7-8-21-16)17-14(18)11-5-6-12(9-11)15(19)20/h11-13H,3-10H2,1-2H3,(H,17,18)(H,19,20). The summed E-state index contributed by atoms with van der Waals surface area (Å²) >= 11 is 0. The predicted molar refractivity (Wildman–Crippen MR) is 78.9 cm³/mol. The van der Waals surface area contributed by atoms with Gasteiger partial charge >= 0.3 is 5.97 Å². The van der Waals surface area contributed by atoms with Gasteiger partial charge in [-0.1, -0.05) is 13.8 Å². The maximum absolute atomic E-state index is 12.3. The van der Waals surface area contributed by atoms with Gasteiger partial charge in [-0.05, 0) is 44.9 Å². The minimum Gasteiger partial charge on any atom is -0.481 e. The largest absolute Gasteiger partial charge is 0.481 e. The molecule has 1 aliphatic carbocycles. The van der Waals surface area contributed by atoms with Gasteiger partial charge in [-0.2, -0.15) is 0 Å². The topological polar surface area (TPSA) is 75.6 Å². The van der Waals surface area contributed by atoms with Crippen molar-refractivity contribution in [2.45, 2.75) is 70.4 Å². The molecule has 1 saturated carbocycles. The molecule has 120 valence electrons. The van der Waals surface area contributed by atoms with E-state index in [9.17, 15) is 9.59 Å². The number of amides is 1. The van der Waals surface area contributed by atoms with E-state index in [-0.39, 0.29) is 29.4 Å². The highest BCUT2D eigenvalue weighted by atomic mass is 16.5. The number of rotatable bonds is 5. The number of carbonyl (C=O) groups is 2. The van der Waals surface area contributed by atoms with Gasteiger partial charge in [0.2, 0.25) is 5.91 Å². The predicted octanol–water partition coefficient (Wildman–Crippen LogP) is 2.34. The molecule has 0 radical (unpaired) electrons. The Hall–Kier alpha value is -1.10. The number of carboxylic acid groups (broad SMARTS) is 1. The fraction of sp³-hybridized carbons (Fsp3) is 0.875. The normalized spacial score (nSPS) is 31.8. The van der Waals surface area contributed by atoms with Crippen LogP contribution in [0, 0.1) is 11.8 Å². The highest BCUT2D eigenvalue weighted by Crippen LogP contribution is 2.33. The summed E-state index contributed by atoms with van der Waals surface area (Å²) < 4.78 is 5.92. The van der Waals surface area contributed by atoms with Gasteiger partial charge in [0.15, 0.2) is 0 Å². The van der Waals surface area contributed by atoms with Crippen molar-refractivity contribution in [1.82, 2.24) is 5.32 Å². The first-order chi connectivity index (χ1) is 9.99. The first-order valence-electron chi connectivity index (χ1n) is 8.17.